The van der Waals surface area contributed by atoms with Crippen molar-refractivity contribution in [3.63, 3.8) is 0 Å². The van der Waals surface area contributed by atoms with Crippen LogP contribution in [-0.4, -0.2) is 28.7 Å². The fourth-order valence-electron chi connectivity index (χ4n) is 5.49. The van der Waals surface area contributed by atoms with Crippen molar-refractivity contribution in [1.29, 1.82) is 0 Å². The van der Waals surface area contributed by atoms with Crippen LogP contribution in [-0.2, 0) is 0 Å². The van der Waals surface area contributed by atoms with Gasteiger partial charge in [-0.25, -0.2) is 8.78 Å². The van der Waals surface area contributed by atoms with Crippen LogP contribution in [0.1, 0.15) is 52.5 Å². The average molecular weight is 443 g/mol. The Hall–Kier alpha value is -3.31. The summed E-state index contributed by atoms with van der Waals surface area (Å²) in [5, 5.41) is 10.6. The highest BCUT2D eigenvalue weighted by atomic mass is 19.3. The van der Waals surface area contributed by atoms with E-state index in [0.717, 1.165) is 27.6 Å². The molecule has 5 heteroatoms. The molecule has 1 N–H and O–H groups in total. The van der Waals surface area contributed by atoms with Gasteiger partial charge in [-0.2, -0.15) is 0 Å². The third-order valence-corrected chi connectivity index (χ3v) is 6.89. The van der Waals surface area contributed by atoms with Crippen molar-refractivity contribution in [2.24, 2.45) is 0 Å². The summed E-state index contributed by atoms with van der Waals surface area (Å²) in [6.07, 6.45) is 1.15. The predicted octanol–water partition coefficient (Wildman–Crippen LogP) is 6.00. The second-order valence-corrected chi connectivity index (χ2v) is 9.03. The average Bonchev–Trinajstić information content (AvgIpc) is 3.43. The van der Waals surface area contributed by atoms with E-state index >= 15 is 8.78 Å². The van der Waals surface area contributed by atoms with Crippen LogP contribution in [0.3, 0.4) is 0 Å². The van der Waals surface area contributed by atoms with E-state index in [0.29, 0.717) is 16.9 Å². The Morgan fingerprint density at radius 1 is 0.848 bits per heavy atom. The first kappa shape index (κ1) is 20.3. The number of pyridine rings is 1. The van der Waals surface area contributed by atoms with E-state index < -0.39 is 23.9 Å². The quantitative estimate of drug-likeness (QED) is 0.420. The van der Waals surface area contributed by atoms with Gasteiger partial charge in [-0.15, -0.1) is 0 Å². The Morgan fingerprint density at radius 3 is 2.06 bits per heavy atom. The molecule has 4 atom stereocenters. The summed E-state index contributed by atoms with van der Waals surface area (Å²) in [6, 6.07) is 22.8. The highest BCUT2D eigenvalue weighted by Gasteiger charge is 2.71. The number of aliphatic hydroxyl groups is 1. The SMILES string of the molecule is CC(O)COc1cccc2nccc(C3c4ccccc4[C@@H]4[C@H](c5ccccc53)C4(F)F)c12. The Labute approximate surface area is 190 Å². The van der Waals surface area contributed by atoms with Gasteiger partial charge in [-0.1, -0.05) is 54.6 Å². The summed E-state index contributed by atoms with van der Waals surface area (Å²) in [5.74, 6) is -3.96. The zero-order chi connectivity index (χ0) is 22.7. The van der Waals surface area contributed by atoms with Crippen molar-refractivity contribution >= 4 is 10.9 Å². The molecular formula is C28H23F2NO2. The van der Waals surface area contributed by atoms with Crippen LogP contribution in [0.25, 0.3) is 10.9 Å². The molecule has 1 aromatic heterocycles. The molecule has 33 heavy (non-hydrogen) atoms. The second-order valence-electron chi connectivity index (χ2n) is 9.03. The number of nitrogens with zero attached hydrogens (tertiary/aromatic N) is 1. The van der Waals surface area contributed by atoms with Gasteiger partial charge >= 0.3 is 0 Å². The molecule has 2 unspecified atom stereocenters. The normalized spacial score (nSPS) is 23.1. The number of aromatic nitrogens is 1. The molecule has 1 saturated carbocycles. The lowest BCUT2D eigenvalue weighted by molar-refractivity contribution is 0.104. The minimum absolute atomic E-state index is 0.154. The fourth-order valence-corrected chi connectivity index (χ4v) is 5.49. The summed E-state index contributed by atoms with van der Waals surface area (Å²) < 4.78 is 36.0. The predicted molar refractivity (Wildman–Crippen MR) is 123 cm³/mol. The molecule has 3 nitrogen and oxygen atoms in total. The molecule has 0 amide bonds. The third-order valence-electron chi connectivity index (χ3n) is 6.89. The third kappa shape index (κ3) is 3.06. The molecule has 1 heterocycles. The zero-order valence-electron chi connectivity index (χ0n) is 18.1. The second kappa shape index (κ2) is 7.35. The zero-order valence-corrected chi connectivity index (χ0v) is 18.1. The first-order valence-corrected chi connectivity index (χ1v) is 11.2. The van der Waals surface area contributed by atoms with E-state index in [4.69, 9.17) is 4.74 Å². The Bertz CT molecular complexity index is 1310. The smallest absolute Gasteiger partial charge is 0.263 e. The summed E-state index contributed by atoms with van der Waals surface area (Å²) in [4.78, 5) is 4.54. The molecule has 0 radical (unpaired) electrons. The topological polar surface area (TPSA) is 42.4 Å². The van der Waals surface area contributed by atoms with E-state index in [1.165, 1.54) is 0 Å². The van der Waals surface area contributed by atoms with Gasteiger partial charge < -0.3 is 9.84 Å². The summed E-state index contributed by atoms with van der Waals surface area (Å²) in [6.45, 7) is 1.83. The number of aliphatic hydroxyl groups excluding tert-OH is 1. The fraction of sp³-hybridized carbons (Fsp3) is 0.250. The molecule has 6 rings (SSSR count). The van der Waals surface area contributed by atoms with Crippen molar-refractivity contribution in [1.82, 2.24) is 4.98 Å². The summed E-state index contributed by atoms with van der Waals surface area (Å²) in [5.41, 5.74) is 4.94. The Balaban J connectivity index is 1.64. The number of halogens is 2. The highest BCUT2D eigenvalue weighted by Crippen LogP contribution is 2.70. The number of alkyl halides is 2. The van der Waals surface area contributed by atoms with Gasteiger partial charge in [-0.05, 0) is 52.9 Å². The van der Waals surface area contributed by atoms with E-state index in [9.17, 15) is 5.11 Å². The van der Waals surface area contributed by atoms with E-state index in [1.54, 1.807) is 13.1 Å². The van der Waals surface area contributed by atoms with Crippen LogP contribution in [0.5, 0.6) is 5.75 Å². The van der Waals surface area contributed by atoms with E-state index in [2.05, 4.69) is 4.98 Å². The molecule has 1 fully saturated rings. The molecule has 0 aliphatic heterocycles. The monoisotopic (exact) mass is 443 g/mol. The van der Waals surface area contributed by atoms with Gasteiger partial charge in [0, 0.05) is 17.5 Å². The molecule has 0 bridgehead atoms. The van der Waals surface area contributed by atoms with Gasteiger partial charge in [0.2, 0.25) is 0 Å². The van der Waals surface area contributed by atoms with Gasteiger partial charge in [0.05, 0.1) is 23.5 Å². The minimum Gasteiger partial charge on any atom is -0.490 e. The maximum absolute atomic E-state index is 15.0. The van der Waals surface area contributed by atoms with Crippen LogP contribution in [0.15, 0.2) is 79.0 Å². The summed E-state index contributed by atoms with van der Waals surface area (Å²) in [7, 11) is 0. The Kier molecular flexibility index (Phi) is 4.53. The number of hydrogen-bond donors (Lipinski definition) is 1. The molecule has 4 aromatic rings. The standard InChI is InChI=1S/C28H23F2NO2/c1-16(32)15-33-23-12-6-11-22-25(23)21(13-14-31-22)24-17-7-2-4-9-19(17)26-27(28(26,29)30)20-10-5-3-8-18(20)24/h2-14,16,24,26-27,32H,15H2,1H3/t16?,24?,26-,27+. The maximum atomic E-state index is 15.0. The molecule has 2 aliphatic carbocycles. The highest BCUT2D eigenvalue weighted by molar-refractivity contribution is 5.90. The number of rotatable bonds is 4. The van der Waals surface area contributed by atoms with Crippen LogP contribution in [0, 0.1) is 0 Å². The van der Waals surface area contributed by atoms with Crippen LogP contribution in [0.2, 0.25) is 0 Å². The van der Waals surface area contributed by atoms with Gasteiger partial charge in [0.25, 0.3) is 5.92 Å². The molecule has 3 aromatic carbocycles. The van der Waals surface area contributed by atoms with Gasteiger partial charge in [0.15, 0.2) is 0 Å². The Morgan fingerprint density at radius 2 is 1.45 bits per heavy atom. The molecule has 2 aliphatic rings. The van der Waals surface area contributed by atoms with Crippen molar-refractivity contribution in [2.75, 3.05) is 6.61 Å². The van der Waals surface area contributed by atoms with Crippen molar-refractivity contribution in [2.45, 2.75) is 36.7 Å². The van der Waals surface area contributed by atoms with E-state index in [-0.39, 0.29) is 12.5 Å². The van der Waals surface area contributed by atoms with Gasteiger partial charge in [0.1, 0.15) is 12.4 Å². The van der Waals surface area contributed by atoms with Crippen LogP contribution >= 0.6 is 0 Å². The number of hydrogen-bond acceptors (Lipinski definition) is 3. The minimum atomic E-state index is -2.75. The lowest BCUT2D eigenvalue weighted by Gasteiger charge is -2.25. The van der Waals surface area contributed by atoms with Gasteiger partial charge in [-0.3, -0.25) is 4.98 Å². The van der Waals surface area contributed by atoms with Crippen molar-refractivity contribution in [3.8, 4) is 5.75 Å². The van der Waals surface area contributed by atoms with E-state index in [1.807, 2.05) is 72.8 Å². The largest absolute Gasteiger partial charge is 0.490 e. The summed E-state index contributed by atoms with van der Waals surface area (Å²) >= 11 is 0. The number of ether oxygens (including phenoxy) is 1. The molecule has 0 spiro atoms. The molecule has 0 saturated heterocycles. The first-order valence-electron chi connectivity index (χ1n) is 11.2. The van der Waals surface area contributed by atoms with Crippen LogP contribution < -0.4 is 4.74 Å². The first-order chi connectivity index (χ1) is 16.0. The number of benzene rings is 3. The lowest BCUT2D eigenvalue weighted by atomic mass is 9.80. The van der Waals surface area contributed by atoms with Crippen LogP contribution in [0.4, 0.5) is 8.78 Å². The maximum Gasteiger partial charge on any atom is 0.263 e. The van der Waals surface area contributed by atoms with Crippen molar-refractivity contribution in [3.05, 3.63) is 107 Å². The molecular weight excluding hydrogens is 420 g/mol. The molecule has 166 valence electrons. The number of fused-ring (bicyclic) bond motifs is 6. The van der Waals surface area contributed by atoms with Crippen molar-refractivity contribution < 1.29 is 18.6 Å². The lowest BCUT2D eigenvalue weighted by Crippen LogP contribution is -2.14.